The normalized spacial score (nSPS) is 24.7. The highest BCUT2D eigenvalue weighted by Crippen LogP contribution is 2.63. The third-order valence-corrected chi connectivity index (χ3v) is 4.06. The number of nitro benzene ring substituents is 1. The molecule has 0 saturated heterocycles. The molecule has 0 aliphatic heterocycles. The van der Waals surface area contributed by atoms with E-state index >= 15 is 0 Å². The molecule has 0 radical (unpaired) electrons. The second-order valence-electron chi connectivity index (χ2n) is 4.98. The molecule has 2 unspecified atom stereocenters. The lowest BCUT2D eigenvalue weighted by atomic mass is 9.97. The van der Waals surface area contributed by atoms with Gasteiger partial charge in [0.15, 0.2) is 0 Å². The summed E-state index contributed by atoms with van der Waals surface area (Å²) in [4.78, 5) is 21.2. The van der Waals surface area contributed by atoms with Gasteiger partial charge < -0.3 is 5.73 Å². The zero-order valence-electron chi connectivity index (χ0n) is 10.5. The molecule has 0 heterocycles. The Balaban J connectivity index is 2.23. The van der Waals surface area contributed by atoms with Crippen LogP contribution >= 0.6 is 11.6 Å². The van der Waals surface area contributed by atoms with Crippen molar-refractivity contribution in [3.8, 4) is 0 Å². The molecule has 1 aromatic rings. The standard InChI is InChI=1S/C12H10ClF3N2O3/c13-8-2-1-6(4-9(8)18(20)21)3-7-5-11(7,10(17)19)12(14,15)16/h1-2,4,7H,3,5H2,(H2,17,19). The topological polar surface area (TPSA) is 86.2 Å². The molecule has 1 aliphatic carbocycles. The number of nitrogens with zero attached hydrogens (tertiary/aromatic N) is 1. The minimum atomic E-state index is -4.72. The molecular weight excluding hydrogens is 313 g/mol. The Kier molecular flexibility index (Phi) is 3.61. The highest BCUT2D eigenvalue weighted by atomic mass is 35.5. The van der Waals surface area contributed by atoms with Gasteiger partial charge in [0.05, 0.1) is 4.92 Å². The van der Waals surface area contributed by atoms with E-state index < -0.39 is 34.8 Å². The lowest BCUT2D eigenvalue weighted by molar-refractivity contribution is -0.384. The van der Waals surface area contributed by atoms with E-state index in [-0.39, 0.29) is 17.1 Å². The van der Waals surface area contributed by atoms with Crippen molar-refractivity contribution in [3.63, 3.8) is 0 Å². The van der Waals surface area contributed by atoms with E-state index in [0.29, 0.717) is 5.56 Å². The van der Waals surface area contributed by atoms with Gasteiger partial charge in [-0.1, -0.05) is 17.7 Å². The molecule has 2 rings (SSSR count). The van der Waals surface area contributed by atoms with Crippen LogP contribution in [0.2, 0.25) is 5.02 Å². The molecule has 1 fully saturated rings. The van der Waals surface area contributed by atoms with Crippen molar-refractivity contribution in [1.29, 1.82) is 0 Å². The van der Waals surface area contributed by atoms with Gasteiger partial charge in [-0.3, -0.25) is 14.9 Å². The van der Waals surface area contributed by atoms with Gasteiger partial charge in [-0.25, -0.2) is 0 Å². The Bertz CT molecular complexity index is 620. The third kappa shape index (κ3) is 2.55. The zero-order valence-corrected chi connectivity index (χ0v) is 11.2. The monoisotopic (exact) mass is 322 g/mol. The zero-order chi connectivity index (χ0) is 16.0. The van der Waals surface area contributed by atoms with Gasteiger partial charge in [-0.05, 0) is 30.4 Å². The fourth-order valence-corrected chi connectivity index (χ4v) is 2.66. The van der Waals surface area contributed by atoms with E-state index in [9.17, 15) is 28.1 Å². The van der Waals surface area contributed by atoms with Gasteiger partial charge in [0, 0.05) is 6.07 Å². The quantitative estimate of drug-likeness (QED) is 0.683. The molecule has 2 atom stereocenters. The van der Waals surface area contributed by atoms with Crippen LogP contribution in [0.5, 0.6) is 0 Å². The van der Waals surface area contributed by atoms with Crippen molar-refractivity contribution in [1.82, 2.24) is 0 Å². The summed E-state index contributed by atoms with van der Waals surface area (Å²) in [6, 6.07) is 3.76. The van der Waals surface area contributed by atoms with Crippen LogP contribution in [-0.2, 0) is 11.2 Å². The molecule has 0 aromatic heterocycles. The molecule has 1 amide bonds. The summed E-state index contributed by atoms with van der Waals surface area (Å²) in [5, 5.41) is 10.6. The van der Waals surface area contributed by atoms with E-state index in [2.05, 4.69) is 0 Å². The summed E-state index contributed by atoms with van der Waals surface area (Å²) in [5.74, 6) is -2.42. The Morgan fingerprint density at radius 3 is 2.57 bits per heavy atom. The summed E-state index contributed by atoms with van der Waals surface area (Å²) in [5.41, 5.74) is 2.28. The van der Waals surface area contributed by atoms with Gasteiger partial charge in [0.2, 0.25) is 5.91 Å². The Hall–Kier alpha value is -1.83. The summed E-state index contributed by atoms with van der Waals surface area (Å²) >= 11 is 5.63. The van der Waals surface area contributed by atoms with Crippen molar-refractivity contribution in [3.05, 3.63) is 38.9 Å². The third-order valence-electron chi connectivity index (χ3n) is 3.74. The molecular formula is C12H10ClF3N2O3. The molecule has 114 valence electrons. The number of nitrogens with two attached hydrogens (primary N) is 1. The smallest absolute Gasteiger partial charge is 0.369 e. The Morgan fingerprint density at radius 1 is 1.52 bits per heavy atom. The van der Waals surface area contributed by atoms with Gasteiger partial charge in [0.1, 0.15) is 10.4 Å². The minimum Gasteiger partial charge on any atom is -0.369 e. The molecule has 21 heavy (non-hydrogen) atoms. The van der Waals surface area contributed by atoms with Crippen LogP contribution < -0.4 is 5.73 Å². The summed E-state index contributed by atoms with van der Waals surface area (Å²) in [6.45, 7) is 0. The molecule has 0 spiro atoms. The number of carbonyl (C=O) groups excluding carboxylic acids is 1. The Labute approximate surface area is 122 Å². The number of carbonyl (C=O) groups is 1. The lowest BCUT2D eigenvalue weighted by Gasteiger charge is -2.17. The number of hydrogen-bond donors (Lipinski definition) is 1. The van der Waals surface area contributed by atoms with E-state index in [1.54, 1.807) is 0 Å². The van der Waals surface area contributed by atoms with Gasteiger partial charge >= 0.3 is 6.18 Å². The number of rotatable bonds is 4. The highest BCUT2D eigenvalue weighted by Gasteiger charge is 2.74. The van der Waals surface area contributed by atoms with Crippen LogP contribution in [0.25, 0.3) is 0 Å². The lowest BCUT2D eigenvalue weighted by Crippen LogP contribution is -2.39. The Morgan fingerprint density at radius 2 is 2.14 bits per heavy atom. The molecule has 1 aromatic carbocycles. The summed E-state index contributed by atoms with van der Waals surface area (Å²) in [7, 11) is 0. The minimum absolute atomic E-state index is 0.100. The second kappa shape index (κ2) is 4.87. The molecule has 1 aliphatic rings. The molecule has 2 N–H and O–H groups in total. The van der Waals surface area contributed by atoms with Gasteiger partial charge in [-0.15, -0.1) is 0 Å². The van der Waals surface area contributed by atoms with Crippen LogP contribution in [0.4, 0.5) is 18.9 Å². The van der Waals surface area contributed by atoms with Gasteiger partial charge in [0.25, 0.3) is 5.69 Å². The maximum atomic E-state index is 12.9. The highest BCUT2D eigenvalue weighted by molar-refractivity contribution is 6.32. The average molecular weight is 323 g/mol. The van der Waals surface area contributed by atoms with E-state index in [1.165, 1.54) is 12.1 Å². The first-order chi connectivity index (χ1) is 9.59. The van der Waals surface area contributed by atoms with Crippen molar-refractivity contribution < 1.29 is 22.9 Å². The largest absolute Gasteiger partial charge is 0.403 e. The summed E-state index contributed by atoms with van der Waals surface area (Å²) in [6.07, 6.45) is -5.25. The van der Waals surface area contributed by atoms with Crippen molar-refractivity contribution in [2.24, 2.45) is 17.1 Å². The number of halogens is 4. The average Bonchev–Trinajstić information content (AvgIpc) is 3.06. The molecule has 5 nitrogen and oxygen atoms in total. The fraction of sp³-hybridized carbons (Fsp3) is 0.417. The number of alkyl halides is 3. The van der Waals surface area contributed by atoms with Crippen molar-refractivity contribution in [2.75, 3.05) is 0 Å². The van der Waals surface area contributed by atoms with Crippen LogP contribution in [0, 0.1) is 21.4 Å². The number of primary amides is 1. The number of nitro groups is 1. The fourth-order valence-electron chi connectivity index (χ4n) is 2.47. The number of benzene rings is 1. The van der Waals surface area contributed by atoms with Crippen LogP contribution in [0.3, 0.4) is 0 Å². The van der Waals surface area contributed by atoms with Crippen LogP contribution in [0.15, 0.2) is 18.2 Å². The van der Waals surface area contributed by atoms with Gasteiger partial charge in [-0.2, -0.15) is 13.2 Å². The van der Waals surface area contributed by atoms with Crippen molar-refractivity contribution >= 4 is 23.2 Å². The van der Waals surface area contributed by atoms with Crippen molar-refractivity contribution in [2.45, 2.75) is 19.0 Å². The maximum Gasteiger partial charge on any atom is 0.403 e. The number of hydrogen-bond acceptors (Lipinski definition) is 3. The van der Waals surface area contributed by atoms with E-state index in [1.807, 2.05) is 0 Å². The van der Waals surface area contributed by atoms with Crippen LogP contribution in [-0.4, -0.2) is 17.0 Å². The number of amides is 1. The SMILES string of the molecule is NC(=O)C1(C(F)(F)F)CC1Cc1ccc(Cl)c([N+](=O)[O-])c1. The summed E-state index contributed by atoms with van der Waals surface area (Å²) < 4.78 is 38.8. The first-order valence-corrected chi connectivity index (χ1v) is 6.27. The van der Waals surface area contributed by atoms with Crippen LogP contribution in [0.1, 0.15) is 12.0 Å². The second-order valence-corrected chi connectivity index (χ2v) is 5.39. The maximum absolute atomic E-state index is 12.9. The predicted molar refractivity (Wildman–Crippen MR) is 67.6 cm³/mol. The first-order valence-electron chi connectivity index (χ1n) is 5.89. The first kappa shape index (κ1) is 15.6. The molecule has 0 bridgehead atoms. The molecule has 1 saturated carbocycles. The van der Waals surface area contributed by atoms with E-state index in [0.717, 1.165) is 6.07 Å². The van der Waals surface area contributed by atoms with E-state index in [4.69, 9.17) is 17.3 Å². The molecule has 9 heteroatoms. The predicted octanol–water partition coefficient (Wildman–Crippen LogP) is 2.84.